The van der Waals surface area contributed by atoms with Crippen molar-refractivity contribution < 1.29 is 4.79 Å². The zero-order valence-corrected chi connectivity index (χ0v) is 17.9. The molecule has 4 aromatic rings. The Hall–Kier alpha value is -3.25. The number of rotatable bonds is 5. The smallest absolute Gasteiger partial charge is 0.274 e. The fourth-order valence-electron chi connectivity index (χ4n) is 3.51. The SMILES string of the molecule is CC(C)c1ccc(C(NC(=O)c2nn(C)c(=O)c3ccccc23)c2cccs2)cc1. The van der Waals surface area contributed by atoms with Gasteiger partial charge in [0.15, 0.2) is 5.69 Å². The maximum atomic E-state index is 13.3. The van der Waals surface area contributed by atoms with E-state index in [1.54, 1.807) is 36.6 Å². The molecule has 0 aliphatic rings. The molecule has 0 fully saturated rings. The van der Waals surface area contributed by atoms with Gasteiger partial charge in [-0.25, -0.2) is 4.68 Å². The number of benzene rings is 2. The Balaban J connectivity index is 1.74. The van der Waals surface area contributed by atoms with Gasteiger partial charge in [0, 0.05) is 17.3 Å². The van der Waals surface area contributed by atoms with Crippen LogP contribution in [0.1, 0.15) is 52.3 Å². The van der Waals surface area contributed by atoms with E-state index >= 15 is 0 Å². The summed E-state index contributed by atoms with van der Waals surface area (Å²) >= 11 is 1.59. The highest BCUT2D eigenvalue weighted by Gasteiger charge is 2.22. The van der Waals surface area contributed by atoms with Crippen LogP contribution in [0.2, 0.25) is 0 Å². The van der Waals surface area contributed by atoms with E-state index in [4.69, 9.17) is 0 Å². The minimum atomic E-state index is -0.312. The number of nitrogens with zero attached hydrogens (tertiary/aromatic N) is 2. The maximum absolute atomic E-state index is 13.3. The molecule has 1 unspecified atom stereocenters. The molecule has 2 aromatic carbocycles. The van der Waals surface area contributed by atoms with Gasteiger partial charge in [0.05, 0.1) is 11.4 Å². The number of carbonyl (C=O) groups is 1. The van der Waals surface area contributed by atoms with Gasteiger partial charge in [-0.15, -0.1) is 11.3 Å². The summed E-state index contributed by atoms with van der Waals surface area (Å²) in [6.45, 7) is 4.31. The van der Waals surface area contributed by atoms with Crippen LogP contribution in [-0.4, -0.2) is 15.7 Å². The number of aryl methyl sites for hydroxylation is 1. The zero-order valence-electron chi connectivity index (χ0n) is 17.1. The number of amides is 1. The van der Waals surface area contributed by atoms with Crippen LogP contribution in [0, 0.1) is 0 Å². The Morgan fingerprint density at radius 3 is 2.27 bits per heavy atom. The first kappa shape index (κ1) is 20.0. The lowest BCUT2D eigenvalue weighted by atomic mass is 9.98. The molecule has 0 saturated heterocycles. The molecule has 0 saturated carbocycles. The van der Waals surface area contributed by atoms with Gasteiger partial charge in [-0.1, -0.05) is 62.4 Å². The first-order chi connectivity index (χ1) is 14.5. The number of fused-ring (bicyclic) bond motifs is 1. The fourth-order valence-corrected chi connectivity index (χ4v) is 4.32. The second-order valence-corrected chi connectivity index (χ2v) is 8.55. The number of hydrogen-bond donors (Lipinski definition) is 1. The first-order valence-corrected chi connectivity index (χ1v) is 10.7. The first-order valence-electron chi connectivity index (χ1n) is 9.86. The lowest BCUT2D eigenvalue weighted by Crippen LogP contribution is -2.32. The van der Waals surface area contributed by atoms with E-state index < -0.39 is 0 Å². The summed E-state index contributed by atoms with van der Waals surface area (Å²) in [4.78, 5) is 26.7. The molecule has 0 aliphatic heterocycles. The van der Waals surface area contributed by atoms with Crippen LogP contribution in [-0.2, 0) is 7.05 Å². The largest absolute Gasteiger partial charge is 0.339 e. The highest BCUT2D eigenvalue weighted by atomic mass is 32.1. The Labute approximate surface area is 179 Å². The van der Waals surface area contributed by atoms with Gasteiger partial charge < -0.3 is 5.32 Å². The molecule has 152 valence electrons. The van der Waals surface area contributed by atoms with Crippen molar-refractivity contribution in [3.8, 4) is 0 Å². The second-order valence-electron chi connectivity index (χ2n) is 7.57. The van der Waals surface area contributed by atoms with Crippen molar-refractivity contribution in [3.63, 3.8) is 0 Å². The predicted octanol–water partition coefficient (Wildman–Crippen LogP) is 4.64. The predicted molar refractivity (Wildman–Crippen MR) is 121 cm³/mol. The van der Waals surface area contributed by atoms with E-state index in [0.717, 1.165) is 10.4 Å². The van der Waals surface area contributed by atoms with E-state index in [9.17, 15) is 9.59 Å². The fraction of sp³-hybridized carbons (Fsp3) is 0.208. The van der Waals surface area contributed by atoms with Crippen molar-refractivity contribution in [1.29, 1.82) is 0 Å². The molecule has 1 amide bonds. The van der Waals surface area contributed by atoms with Crippen LogP contribution in [0.25, 0.3) is 10.8 Å². The van der Waals surface area contributed by atoms with Crippen LogP contribution in [0.15, 0.2) is 70.8 Å². The van der Waals surface area contributed by atoms with Gasteiger partial charge in [0.25, 0.3) is 11.5 Å². The van der Waals surface area contributed by atoms with Gasteiger partial charge in [0.1, 0.15) is 0 Å². The molecule has 5 nitrogen and oxygen atoms in total. The average Bonchev–Trinajstić information content (AvgIpc) is 3.29. The molecule has 0 aliphatic carbocycles. The van der Waals surface area contributed by atoms with Crippen LogP contribution >= 0.6 is 11.3 Å². The molecule has 1 N–H and O–H groups in total. The second kappa shape index (κ2) is 8.24. The van der Waals surface area contributed by atoms with Crippen molar-refractivity contribution in [1.82, 2.24) is 15.1 Å². The van der Waals surface area contributed by atoms with Gasteiger partial charge in [-0.2, -0.15) is 5.10 Å². The molecule has 1 atom stereocenters. The van der Waals surface area contributed by atoms with Crippen molar-refractivity contribution >= 4 is 28.0 Å². The van der Waals surface area contributed by atoms with Gasteiger partial charge in [-0.05, 0) is 34.6 Å². The van der Waals surface area contributed by atoms with E-state index in [2.05, 4.69) is 48.5 Å². The normalized spacial score (nSPS) is 12.3. The van der Waals surface area contributed by atoms with Crippen molar-refractivity contribution in [3.05, 3.63) is 98.1 Å². The topological polar surface area (TPSA) is 64.0 Å². The van der Waals surface area contributed by atoms with Crippen molar-refractivity contribution in [2.45, 2.75) is 25.8 Å². The minimum Gasteiger partial charge on any atom is -0.339 e. The highest BCUT2D eigenvalue weighted by Crippen LogP contribution is 2.28. The van der Waals surface area contributed by atoms with Crippen molar-refractivity contribution in [2.75, 3.05) is 0 Å². The summed E-state index contributed by atoms with van der Waals surface area (Å²) in [5.41, 5.74) is 2.28. The Bertz CT molecular complexity index is 1240. The number of nitrogens with one attached hydrogen (secondary N) is 1. The zero-order chi connectivity index (χ0) is 21.3. The molecule has 2 aromatic heterocycles. The third-order valence-electron chi connectivity index (χ3n) is 5.21. The van der Waals surface area contributed by atoms with Crippen LogP contribution in [0.3, 0.4) is 0 Å². The highest BCUT2D eigenvalue weighted by molar-refractivity contribution is 7.10. The molecule has 4 rings (SSSR count). The Kier molecular flexibility index (Phi) is 5.50. The average molecular weight is 418 g/mol. The molecule has 2 heterocycles. The summed E-state index contributed by atoms with van der Waals surface area (Å²) in [6.07, 6.45) is 0. The molecule has 0 bridgehead atoms. The summed E-state index contributed by atoms with van der Waals surface area (Å²) in [5.74, 6) is 0.128. The summed E-state index contributed by atoms with van der Waals surface area (Å²) in [6, 6.07) is 19.1. The molecular weight excluding hydrogens is 394 g/mol. The van der Waals surface area contributed by atoms with E-state index in [1.165, 1.54) is 10.2 Å². The lowest BCUT2D eigenvalue weighted by molar-refractivity contribution is 0.0938. The number of hydrogen-bond acceptors (Lipinski definition) is 4. The molecule has 0 spiro atoms. The van der Waals surface area contributed by atoms with Gasteiger partial charge in [0.2, 0.25) is 0 Å². The third-order valence-corrected chi connectivity index (χ3v) is 6.15. The molecule has 0 radical (unpaired) electrons. The Morgan fingerprint density at radius 2 is 1.63 bits per heavy atom. The van der Waals surface area contributed by atoms with E-state index in [-0.39, 0.29) is 23.2 Å². The van der Waals surface area contributed by atoms with Crippen LogP contribution in [0.5, 0.6) is 0 Å². The van der Waals surface area contributed by atoms with Crippen LogP contribution in [0.4, 0.5) is 0 Å². The van der Waals surface area contributed by atoms with Gasteiger partial charge >= 0.3 is 0 Å². The molecular formula is C24H23N3O2S. The standard InChI is InChI=1S/C24H23N3O2S/c1-15(2)16-10-12-17(13-11-16)21(20-9-6-14-30-20)25-23(28)22-18-7-4-5-8-19(18)24(29)27(3)26-22/h4-15,21H,1-3H3,(H,25,28). The summed E-state index contributed by atoms with van der Waals surface area (Å²) in [7, 11) is 1.56. The number of aromatic nitrogens is 2. The maximum Gasteiger partial charge on any atom is 0.274 e. The summed E-state index contributed by atoms with van der Waals surface area (Å²) < 4.78 is 1.22. The van der Waals surface area contributed by atoms with Crippen LogP contribution < -0.4 is 10.9 Å². The van der Waals surface area contributed by atoms with E-state index in [0.29, 0.717) is 16.7 Å². The van der Waals surface area contributed by atoms with Crippen molar-refractivity contribution in [2.24, 2.45) is 7.05 Å². The molecule has 6 heteroatoms. The van der Waals surface area contributed by atoms with E-state index in [1.807, 2.05) is 23.6 Å². The lowest BCUT2D eigenvalue weighted by Gasteiger charge is -2.19. The number of thiophene rings is 1. The summed E-state index contributed by atoms with van der Waals surface area (Å²) in [5, 5.41) is 10.4. The quantitative estimate of drug-likeness (QED) is 0.515. The third kappa shape index (κ3) is 3.78. The monoisotopic (exact) mass is 417 g/mol. The Morgan fingerprint density at radius 1 is 0.967 bits per heavy atom. The minimum absolute atomic E-state index is 0.221. The molecule has 30 heavy (non-hydrogen) atoms. The number of carbonyl (C=O) groups excluding carboxylic acids is 1. The van der Waals surface area contributed by atoms with Gasteiger partial charge in [-0.3, -0.25) is 9.59 Å².